The predicted molar refractivity (Wildman–Crippen MR) is 186 cm³/mol. The van der Waals surface area contributed by atoms with Crippen molar-refractivity contribution in [3.63, 3.8) is 0 Å². The van der Waals surface area contributed by atoms with Gasteiger partial charge in [-0.15, -0.1) is 0 Å². The molecule has 276 valence electrons. The molecule has 4 aliphatic rings. The monoisotopic (exact) mass is 725 g/mol. The first-order valence-corrected chi connectivity index (χ1v) is 17.1. The summed E-state index contributed by atoms with van der Waals surface area (Å²) in [4.78, 5) is 85.0. The third-order valence-corrected chi connectivity index (χ3v) is 11.1. The van der Waals surface area contributed by atoms with Crippen LogP contribution in [0.4, 0.5) is 11.4 Å². The van der Waals surface area contributed by atoms with Gasteiger partial charge < -0.3 is 28.6 Å². The second kappa shape index (κ2) is 13.4. The molecule has 6 atom stereocenters. The minimum Gasteiger partial charge on any atom is -0.497 e. The molecule has 14 heteroatoms. The molecule has 0 bridgehead atoms. The summed E-state index contributed by atoms with van der Waals surface area (Å²) in [6, 6.07) is 19.2. The number of hydrogen-bond donors (Lipinski definition) is 1. The molecule has 1 aliphatic carbocycles. The number of imide groups is 1. The number of carbonyl (C=O) groups excluding carboxylic acids is 6. The van der Waals surface area contributed by atoms with E-state index in [0.717, 1.165) is 10.5 Å². The van der Waals surface area contributed by atoms with Gasteiger partial charge in [0.2, 0.25) is 11.8 Å². The minimum atomic E-state index is -1.67. The molecule has 7 rings (SSSR count). The molecule has 1 N–H and O–H groups in total. The van der Waals surface area contributed by atoms with Crippen LogP contribution in [0.5, 0.6) is 5.75 Å². The number of esters is 3. The Hall–Kier alpha value is -5.60. The van der Waals surface area contributed by atoms with Gasteiger partial charge in [0, 0.05) is 11.7 Å². The van der Waals surface area contributed by atoms with Crippen LogP contribution in [0, 0.1) is 17.3 Å². The highest BCUT2D eigenvalue weighted by Gasteiger charge is 2.71. The van der Waals surface area contributed by atoms with Gasteiger partial charge in [-0.25, -0.2) is 4.90 Å². The number of anilines is 2. The van der Waals surface area contributed by atoms with Gasteiger partial charge in [0.1, 0.15) is 11.3 Å². The maximum atomic E-state index is 14.7. The number of carbonyl (C=O) groups is 6. The van der Waals surface area contributed by atoms with Crippen molar-refractivity contribution in [2.75, 3.05) is 38.2 Å². The third kappa shape index (κ3) is 5.46. The summed E-state index contributed by atoms with van der Waals surface area (Å²) in [6.07, 6.45) is -1.08. The van der Waals surface area contributed by atoms with Gasteiger partial charge in [-0.1, -0.05) is 36.4 Å². The van der Waals surface area contributed by atoms with Crippen LogP contribution in [-0.2, 0) is 67.2 Å². The number of ether oxygens (including phenoxy) is 5. The Morgan fingerprint density at radius 3 is 2.00 bits per heavy atom. The molecule has 0 saturated carbocycles. The van der Waals surface area contributed by atoms with E-state index in [1.165, 1.54) is 40.3 Å². The predicted octanol–water partition coefficient (Wildman–Crippen LogP) is 2.14. The Morgan fingerprint density at radius 1 is 0.755 bits per heavy atom. The minimum absolute atomic E-state index is 0.0166. The topological polar surface area (TPSA) is 167 Å². The first-order chi connectivity index (χ1) is 25.4. The summed E-state index contributed by atoms with van der Waals surface area (Å²) >= 11 is 0. The van der Waals surface area contributed by atoms with Crippen molar-refractivity contribution in [1.29, 1.82) is 0 Å². The molecule has 3 fully saturated rings. The van der Waals surface area contributed by atoms with Crippen LogP contribution in [0.15, 0.2) is 72.8 Å². The molecule has 3 amide bonds. The van der Waals surface area contributed by atoms with Crippen molar-refractivity contribution in [3.8, 4) is 5.75 Å². The summed E-state index contributed by atoms with van der Waals surface area (Å²) in [5.41, 5.74) is -0.515. The first kappa shape index (κ1) is 35.8. The molecular weight excluding hydrogens is 686 g/mol. The summed E-state index contributed by atoms with van der Waals surface area (Å²) in [5.74, 6) is -5.61. The SMILES string of the molecule is COC(=O)C1(C(=O)OC)Cc2ccc(N3C(=O)[C@H]4[C@H]([C@H]5[C@@H](OCc6ccccc6)C(=O)N5c5ccc(OC)cc5)N[C@](C)(C(=O)OC)[C@H]4C3=O)cc2C1. The van der Waals surface area contributed by atoms with E-state index in [4.69, 9.17) is 23.7 Å². The number of methoxy groups -OCH3 is 4. The molecule has 0 spiro atoms. The van der Waals surface area contributed by atoms with Gasteiger partial charge >= 0.3 is 17.9 Å². The highest BCUT2D eigenvalue weighted by Crippen LogP contribution is 2.50. The quantitative estimate of drug-likeness (QED) is 0.107. The number of hydrogen-bond acceptors (Lipinski definition) is 12. The highest BCUT2D eigenvalue weighted by molar-refractivity contribution is 6.24. The van der Waals surface area contributed by atoms with E-state index in [1.54, 1.807) is 42.5 Å². The van der Waals surface area contributed by atoms with E-state index < -0.39 is 70.7 Å². The standard InChI is InChI=1S/C39H39N3O11/c1-38(35(46)50-3)28-27(32(43)42(33(28)44)25-12-11-22-18-39(36(47)51-4,37(48)52-5)19-23(22)17-25)29(40-38)30-31(53-20-21-9-7-6-8-10-21)34(45)41(30)24-13-15-26(49-2)16-14-24/h6-17,27-31,40H,18-20H2,1-5H3/t27-,28-,29-,30+,31-,38+/m1/s1. The fourth-order valence-electron chi connectivity index (χ4n) is 8.50. The molecule has 0 unspecified atom stereocenters. The van der Waals surface area contributed by atoms with Gasteiger partial charge in [-0.05, 0) is 72.9 Å². The summed E-state index contributed by atoms with van der Waals surface area (Å²) < 4.78 is 26.7. The van der Waals surface area contributed by atoms with Crippen molar-refractivity contribution in [3.05, 3.63) is 89.5 Å². The first-order valence-electron chi connectivity index (χ1n) is 17.1. The van der Waals surface area contributed by atoms with Crippen molar-refractivity contribution in [1.82, 2.24) is 5.32 Å². The van der Waals surface area contributed by atoms with E-state index in [0.29, 0.717) is 22.6 Å². The summed E-state index contributed by atoms with van der Waals surface area (Å²) in [5, 5.41) is 3.27. The van der Waals surface area contributed by atoms with Crippen LogP contribution in [0.3, 0.4) is 0 Å². The Bertz CT molecular complexity index is 1980. The lowest BCUT2D eigenvalue weighted by Crippen LogP contribution is -2.74. The zero-order valence-corrected chi connectivity index (χ0v) is 29.8. The molecule has 0 aromatic heterocycles. The third-order valence-electron chi connectivity index (χ3n) is 11.1. The Morgan fingerprint density at radius 2 is 1.38 bits per heavy atom. The second-order valence-electron chi connectivity index (χ2n) is 13.9. The molecule has 14 nitrogen and oxygen atoms in total. The molecule has 3 aromatic rings. The zero-order chi connectivity index (χ0) is 37.8. The Balaban J connectivity index is 1.27. The second-order valence-corrected chi connectivity index (χ2v) is 13.9. The van der Waals surface area contributed by atoms with Crippen LogP contribution < -0.4 is 19.9 Å². The number of nitrogens with zero attached hydrogens (tertiary/aromatic N) is 2. The van der Waals surface area contributed by atoms with E-state index in [9.17, 15) is 28.8 Å². The van der Waals surface area contributed by atoms with E-state index >= 15 is 0 Å². The van der Waals surface area contributed by atoms with Crippen LogP contribution in [0.1, 0.15) is 23.6 Å². The summed E-state index contributed by atoms with van der Waals surface area (Å²) in [6.45, 7) is 1.62. The molecule has 3 heterocycles. The Kier molecular flexibility index (Phi) is 9.07. The number of rotatable bonds is 10. The van der Waals surface area contributed by atoms with Gasteiger partial charge in [-0.2, -0.15) is 0 Å². The fourth-order valence-corrected chi connectivity index (χ4v) is 8.50. The van der Waals surface area contributed by atoms with Gasteiger partial charge in [0.05, 0.1) is 58.6 Å². The van der Waals surface area contributed by atoms with Crippen molar-refractivity contribution in [2.45, 2.75) is 50.1 Å². The number of β-lactam (4-membered cyclic amide) rings is 1. The molecular formula is C39H39N3O11. The smallest absolute Gasteiger partial charge is 0.326 e. The molecule has 0 radical (unpaired) electrons. The molecule has 53 heavy (non-hydrogen) atoms. The average molecular weight is 726 g/mol. The van der Waals surface area contributed by atoms with Crippen LogP contribution in [-0.4, -0.2) is 87.8 Å². The molecule has 3 saturated heterocycles. The maximum Gasteiger partial charge on any atom is 0.326 e. The molecule has 3 aromatic carbocycles. The lowest BCUT2D eigenvalue weighted by Gasteiger charge is -2.50. The lowest BCUT2D eigenvalue weighted by atomic mass is 9.77. The summed E-state index contributed by atoms with van der Waals surface area (Å²) in [7, 11) is 5.11. The van der Waals surface area contributed by atoms with Gasteiger partial charge in [0.15, 0.2) is 11.5 Å². The van der Waals surface area contributed by atoms with E-state index in [2.05, 4.69) is 5.32 Å². The zero-order valence-electron chi connectivity index (χ0n) is 29.8. The van der Waals surface area contributed by atoms with E-state index in [-0.39, 0.29) is 31.0 Å². The maximum absolute atomic E-state index is 14.7. The van der Waals surface area contributed by atoms with E-state index in [1.807, 2.05) is 30.3 Å². The van der Waals surface area contributed by atoms with Crippen LogP contribution >= 0.6 is 0 Å². The highest BCUT2D eigenvalue weighted by atomic mass is 16.5. The lowest BCUT2D eigenvalue weighted by molar-refractivity contribution is -0.168. The molecule has 3 aliphatic heterocycles. The fraction of sp³-hybridized carbons (Fsp3) is 0.385. The van der Waals surface area contributed by atoms with Crippen molar-refractivity contribution < 1.29 is 52.5 Å². The van der Waals surface area contributed by atoms with Gasteiger partial charge in [-0.3, -0.25) is 34.1 Å². The van der Waals surface area contributed by atoms with Crippen molar-refractivity contribution in [2.24, 2.45) is 17.3 Å². The van der Waals surface area contributed by atoms with Crippen molar-refractivity contribution >= 4 is 47.0 Å². The normalized spacial score (nSPS) is 26.8. The number of benzene rings is 3. The average Bonchev–Trinajstić information content (AvgIpc) is 3.81. The number of amides is 3. The van der Waals surface area contributed by atoms with Gasteiger partial charge in [0.25, 0.3) is 5.91 Å². The van der Waals surface area contributed by atoms with Crippen LogP contribution in [0.2, 0.25) is 0 Å². The largest absolute Gasteiger partial charge is 0.497 e. The Labute approximate surface area is 305 Å². The number of fused-ring (bicyclic) bond motifs is 2. The number of nitrogens with one attached hydrogen (secondary N) is 1. The van der Waals surface area contributed by atoms with Crippen LogP contribution in [0.25, 0.3) is 0 Å².